The molecule has 4 heteroatoms. The summed E-state index contributed by atoms with van der Waals surface area (Å²) in [6.07, 6.45) is 5.37. The summed E-state index contributed by atoms with van der Waals surface area (Å²) in [4.78, 5) is 12.7. The van der Waals surface area contributed by atoms with E-state index < -0.39 is 0 Å². The van der Waals surface area contributed by atoms with Crippen LogP contribution >= 0.6 is 27.3 Å². The molecule has 1 amide bonds. The van der Waals surface area contributed by atoms with Crippen molar-refractivity contribution in [3.63, 3.8) is 0 Å². The van der Waals surface area contributed by atoms with Gasteiger partial charge in [-0.05, 0) is 64.4 Å². The second kappa shape index (κ2) is 3.84. The second-order valence-corrected chi connectivity index (χ2v) is 6.69. The van der Waals surface area contributed by atoms with Crippen molar-refractivity contribution in [2.24, 2.45) is 11.3 Å². The number of rotatable bonds is 4. The first-order valence-electron chi connectivity index (χ1n) is 5.72. The number of amides is 1. The number of thiophene rings is 1. The molecule has 1 aromatic rings. The van der Waals surface area contributed by atoms with Gasteiger partial charge in [-0.3, -0.25) is 4.79 Å². The Morgan fingerprint density at radius 1 is 1.56 bits per heavy atom. The van der Waals surface area contributed by atoms with E-state index in [0.29, 0.717) is 5.41 Å². The van der Waals surface area contributed by atoms with Crippen molar-refractivity contribution in [3.8, 4) is 0 Å². The molecule has 16 heavy (non-hydrogen) atoms. The molecule has 0 aliphatic heterocycles. The zero-order chi connectivity index (χ0) is 11.2. The maximum Gasteiger partial charge on any atom is 0.262 e. The third-order valence-electron chi connectivity index (χ3n) is 3.76. The average molecular weight is 300 g/mol. The molecule has 0 spiro atoms. The molecule has 2 aliphatic carbocycles. The molecule has 1 N–H and O–H groups in total. The second-order valence-electron chi connectivity index (χ2n) is 4.92. The highest BCUT2D eigenvalue weighted by Crippen LogP contribution is 2.60. The SMILES string of the molecule is O=C(NCC1(C2CC2)CC1)c1sccc1Br. The molecule has 2 nitrogen and oxygen atoms in total. The van der Waals surface area contributed by atoms with Gasteiger partial charge in [-0.1, -0.05) is 0 Å². The van der Waals surface area contributed by atoms with Gasteiger partial charge in [-0.2, -0.15) is 0 Å². The lowest BCUT2D eigenvalue weighted by atomic mass is 10.0. The van der Waals surface area contributed by atoms with Gasteiger partial charge in [-0.15, -0.1) is 11.3 Å². The lowest BCUT2D eigenvalue weighted by molar-refractivity contribution is 0.0946. The number of nitrogens with one attached hydrogen (secondary N) is 1. The predicted molar refractivity (Wildman–Crippen MR) is 68.7 cm³/mol. The Morgan fingerprint density at radius 3 is 2.81 bits per heavy atom. The van der Waals surface area contributed by atoms with E-state index in [2.05, 4.69) is 21.2 Å². The van der Waals surface area contributed by atoms with Crippen LogP contribution in [0.2, 0.25) is 0 Å². The summed E-state index contributed by atoms with van der Waals surface area (Å²) in [7, 11) is 0. The van der Waals surface area contributed by atoms with E-state index in [1.54, 1.807) is 0 Å². The van der Waals surface area contributed by atoms with Gasteiger partial charge in [0.25, 0.3) is 5.91 Å². The molecule has 3 rings (SSSR count). The molecule has 0 aromatic carbocycles. The Hall–Kier alpha value is -0.350. The fourth-order valence-corrected chi connectivity index (χ4v) is 3.85. The van der Waals surface area contributed by atoms with Gasteiger partial charge in [0.05, 0.1) is 0 Å². The Bertz CT molecular complexity index is 420. The van der Waals surface area contributed by atoms with Crippen LogP contribution in [0.5, 0.6) is 0 Å². The van der Waals surface area contributed by atoms with Crippen molar-refractivity contribution in [3.05, 3.63) is 20.8 Å². The normalized spacial score (nSPS) is 21.8. The average Bonchev–Trinajstić information content (AvgIpc) is 3.14. The molecule has 2 saturated carbocycles. The van der Waals surface area contributed by atoms with Gasteiger partial charge in [0.15, 0.2) is 0 Å². The quantitative estimate of drug-likeness (QED) is 0.907. The van der Waals surface area contributed by atoms with Crippen LogP contribution < -0.4 is 5.32 Å². The lowest BCUT2D eigenvalue weighted by Gasteiger charge is -2.14. The zero-order valence-electron chi connectivity index (χ0n) is 8.96. The van der Waals surface area contributed by atoms with Crippen LogP contribution in [0.15, 0.2) is 15.9 Å². The summed E-state index contributed by atoms with van der Waals surface area (Å²) >= 11 is 4.89. The van der Waals surface area contributed by atoms with Crippen molar-refractivity contribution < 1.29 is 4.79 Å². The molecule has 0 radical (unpaired) electrons. The largest absolute Gasteiger partial charge is 0.351 e. The molecule has 1 heterocycles. The van der Waals surface area contributed by atoms with Crippen LogP contribution in [-0.2, 0) is 0 Å². The van der Waals surface area contributed by atoms with Crippen molar-refractivity contribution in [2.45, 2.75) is 25.7 Å². The Kier molecular flexibility index (Phi) is 2.59. The number of carbonyl (C=O) groups excluding carboxylic acids is 1. The number of hydrogen-bond donors (Lipinski definition) is 1. The van der Waals surface area contributed by atoms with Gasteiger partial charge in [-0.25, -0.2) is 0 Å². The van der Waals surface area contributed by atoms with E-state index in [1.165, 1.54) is 37.0 Å². The minimum Gasteiger partial charge on any atom is -0.351 e. The van der Waals surface area contributed by atoms with E-state index in [9.17, 15) is 4.79 Å². The highest BCUT2D eigenvalue weighted by molar-refractivity contribution is 9.10. The Morgan fingerprint density at radius 2 is 2.31 bits per heavy atom. The monoisotopic (exact) mass is 299 g/mol. The van der Waals surface area contributed by atoms with Gasteiger partial charge in [0, 0.05) is 11.0 Å². The van der Waals surface area contributed by atoms with Crippen LogP contribution in [0.25, 0.3) is 0 Å². The molecule has 0 saturated heterocycles. The molecule has 86 valence electrons. The van der Waals surface area contributed by atoms with Gasteiger partial charge in [0.2, 0.25) is 0 Å². The lowest BCUT2D eigenvalue weighted by Crippen LogP contribution is -2.30. The van der Waals surface area contributed by atoms with Crippen molar-refractivity contribution in [1.82, 2.24) is 5.32 Å². The summed E-state index contributed by atoms with van der Waals surface area (Å²) in [6, 6.07) is 1.92. The molecule has 0 bridgehead atoms. The van der Waals surface area contributed by atoms with E-state index >= 15 is 0 Å². The van der Waals surface area contributed by atoms with E-state index in [-0.39, 0.29) is 5.91 Å². The molecule has 2 fully saturated rings. The summed E-state index contributed by atoms with van der Waals surface area (Å²) in [5.41, 5.74) is 0.486. The third kappa shape index (κ3) is 1.93. The van der Waals surface area contributed by atoms with Crippen LogP contribution in [0.4, 0.5) is 0 Å². The minimum atomic E-state index is 0.0776. The van der Waals surface area contributed by atoms with E-state index in [4.69, 9.17) is 0 Å². The first kappa shape index (κ1) is 10.8. The predicted octanol–water partition coefficient (Wildman–Crippen LogP) is 3.43. The van der Waals surface area contributed by atoms with E-state index in [1.807, 2.05) is 11.4 Å². The summed E-state index contributed by atoms with van der Waals surface area (Å²) in [5.74, 6) is 0.980. The number of halogens is 1. The molecular weight excluding hydrogens is 286 g/mol. The van der Waals surface area contributed by atoms with Gasteiger partial charge < -0.3 is 5.32 Å². The standard InChI is InChI=1S/C12H14BrNOS/c13-9-3-6-16-10(9)11(15)14-7-12(4-5-12)8-1-2-8/h3,6,8H,1-2,4-5,7H2,(H,14,15). The number of carbonyl (C=O) groups is 1. The van der Waals surface area contributed by atoms with Gasteiger partial charge in [0.1, 0.15) is 4.88 Å². The minimum absolute atomic E-state index is 0.0776. The first-order chi connectivity index (χ1) is 7.71. The van der Waals surface area contributed by atoms with Crippen LogP contribution in [-0.4, -0.2) is 12.5 Å². The topological polar surface area (TPSA) is 29.1 Å². The molecule has 0 unspecified atom stereocenters. The van der Waals surface area contributed by atoms with E-state index in [0.717, 1.165) is 21.8 Å². The first-order valence-corrected chi connectivity index (χ1v) is 7.40. The molecule has 0 atom stereocenters. The Labute approximate surface area is 108 Å². The smallest absolute Gasteiger partial charge is 0.262 e. The van der Waals surface area contributed by atoms with Crippen molar-refractivity contribution >= 4 is 33.2 Å². The molecule has 2 aliphatic rings. The van der Waals surface area contributed by atoms with Crippen LogP contribution in [0.3, 0.4) is 0 Å². The fourth-order valence-electron chi connectivity index (χ4n) is 2.38. The summed E-state index contributed by atoms with van der Waals surface area (Å²) < 4.78 is 0.909. The van der Waals surface area contributed by atoms with Gasteiger partial charge >= 0.3 is 0 Å². The van der Waals surface area contributed by atoms with Crippen LogP contribution in [0, 0.1) is 11.3 Å². The van der Waals surface area contributed by atoms with Crippen molar-refractivity contribution in [1.29, 1.82) is 0 Å². The summed E-state index contributed by atoms with van der Waals surface area (Å²) in [6.45, 7) is 0.876. The third-order valence-corrected chi connectivity index (χ3v) is 5.60. The number of hydrogen-bond acceptors (Lipinski definition) is 2. The maximum atomic E-state index is 11.9. The fraction of sp³-hybridized carbons (Fsp3) is 0.583. The maximum absolute atomic E-state index is 11.9. The summed E-state index contributed by atoms with van der Waals surface area (Å²) in [5, 5.41) is 5.03. The van der Waals surface area contributed by atoms with Crippen molar-refractivity contribution in [2.75, 3.05) is 6.54 Å². The molecule has 1 aromatic heterocycles. The highest BCUT2D eigenvalue weighted by Gasteiger charge is 2.53. The Balaban J connectivity index is 1.59. The highest BCUT2D eigenvalue weighted by atomic mass is 79.9. The van der Waals surface area contributed by atoms with Crippen LogP contribution in [0.1, 0.15) is 35.4 Å². The zero-order valence-corrected chi connectivity index (χ0v) is 11.4. The molecular formula is C12H14BrNOS.